The van der Waals surface area contributed by atoms with Gasteiger partial charge in [0.05, 0.1) is 19.3 Å². The molecule has 1 fully saturated rings. The highest BCUT2D eigenvalue weighted by Crippen LogP contribution is 2.17. The number of rotatable bonds is 7. The van der Waals surface area contributed by atoms with Crippen molar-refractivity contribution < 1.29 is 9.84 Å². The zero-order valence-electron chi connectivity index (χ0n) is 10.8. The summed E-state index contributed by atoms with van der Waals surface area (Å²) in [5.41, 5.74) is 0. The molecule has 0 atom stereocenters. The van der Waals surface area contributed by atoms with E-state index < -0.39 is 0 Å². The van der Waals surface area contributed by atoms with Gasteiger partial charge in [0.25, 0.3) is 0 Å². The standard InChI is InChI=1S/C13H27NO2/c1-3-12(4-2)11-14-7-5-13(6-8-14)16-10-9-15/h12-13,15H,3-11H2,1-2H3. The number of nitrogens with zero attached hydrogens (tertiary/aromatic N) is 1. The van der Waals surface area contributed by atoms with Crippen molar-refractivity contribution in [3.8, 4) is 0 Å². The second-order valence-corrected chi connectivity index (χ2v) is 4.78. The van der Waals surface area contributed by atoms with Gasteiger partial charge in [-0.2, -0.15) is 0 Å². The first kappa shape index (κ1) is 13.9. The van der Waals surface area contributed by atoms with Crippen LogP contribution in [0.4, 0.5) is 0 Å². The molecule has 1 aliphatic rings. The van der Waals surface area contributed by atoms with Crippen LogP contribution in [0.5, 0.6) is 0 Å². The van der Waals surface area contributed by atoms with Gasteiger partial charge in [-0.05, 0) is 18.8 Å². The Kier molecular flexibility index (Phi) is 7.01. The third-order valence-electron chi connectivity index (χ3n) is 3.65. The first-order valence-corrected chi connectivity index (χ1v) is 6.74. The molecule has 0 aromatic rings. The highest BCUT2D eigenvalue weighted by molar-refractivity contribution is 4.74. The van der Waals surface area contributed by atoms with Crippen LogP contribution in [0.2, 0.25) is 0 Å². The normalized spacial score (nSPS) is 19.5. The molecule has 1 heterocycles. The molecule has 3 heteroatoms. The Hall–Kier alpha value is -0.120. The molecule has 0 aromatic heterocycles. The second kappa shape index (κ2) is 8.04. The van der Waals surface area contributed by atoms with Gasteiger partial charge in [-0.1, -0.05) is 26.7 Å². The summed E-state index contributed by atoms with van der Waals surface area (Å²) in [5.74, 6) is 0.856. The number of likely N-dealkylation sites (tertiary alicyclic amines) is 1. The van der Waals surface area contributed by atoms with Crippen molar-refractivity contribution in [3.05, 3.63) is 0 Å². The predicted molar refractivity (Wildman–Crippen MR) is 66.6 cm³/mol. The summed E-state index contributed by atoms with van der Waals surface area (Å²) in [6, 6.07) is 0. The maximum absolute atomic E-state index is 8.70. The SMILES string of the molecule is CCC(CC)CN1CCC(OCCO)CC1. The molecule has 96 valence electrons. The van der Waals surface area contributed by atoms with Crippen molar-refractivity contribution in [2.24, 2.45) is 5.92 Å². The summed E-state index contributed by atoms with van der Waals surface area (Å²) >= 11 is 0. The van der Waals surface area contributed by atoms with Crippen LogP contribution in [0.15, 0.2) is 0 Å². The van der Waals surface area contributed by atoms with E-state index >= 15 is 0 Å². The van der Waals surface area contributed by atoms with Crippen molar-refractivity contribution in [2.75, 3.05) is 32.8 Å². The molecule has 16 heavy (non-hydrogen) atoms. The molecule has 0 aromatic carbocycles. The second-order valence-electron chi connectivity index (χ2n) is 4.78. The summed E-state index contributed by atoms with van der Waals surface area (Å²) in [6.07, 6.45) is 5.21. The Morgan fingerprint density at radius 1 is 1.25 bits per heavy atom. The lowest BCUT2D eigenvalue weighted by atomic mass is 10.0. The van der Waals surface area contributed by atoms with Crippen molar-refractivity contribution in [1.82, 2.24) is 4.90 Å². The third-order valence-corrected chi connectivity index (χ3v) is 3.65. The van der Waals surface area contributed by atoms with Gasteiger partial charge in [-0.15, -0.1) is 0 Å². The first-order chi connectivity index (χ1) is 7.80. The summed E-state index contributed by atoms with van der Waals surface area (Å²) < 4.78 is 5.56. The fourth-order valence-corrected chi connectivity index (χ4v) is 2.39. The Bertz CT molecular complexity index is 163. The third kappa shape index (κ3) is 4.81. The molecule has 0 saturated carbocycles. The van der Waals surface area contributed by atoms with Crippen LogP contribution >= 0.6 is 0 Å². The lowest BCUT2D eigenvalue weighted by Gasteiger charge is -2.33. The summed E-state index contributed by atoms with van der Waals surface area (Å²) in [5, 5.41) is 8.70. The Labute approximate surface area is 99.8 Å². The van der Waals surface area contributed by atoms with E-state index in [0.29, 0.717) is 12.7 Å². The minimum Gasteiger partial charge on any atom is -0.394 e. The Morgan fingerprint density at radius 3 is 2.38 bits per heavy atom. The molecule has 1 N–H and O–H groups in total. The fraction of sp³-hybridized carbons (Fsp3) is 1.00. The van der Waals surface area contributed by atoms with Crippen LogP contribution in [-0.4, -0.2) is 49.0 Å². The lowest BCUT2D eigenvalue weighted by Crippen LogP contribution is -2.39. The number of hydrogen-bond acceptors (Lipinski definition) is 3. The van der Waals surface area contributed by atoms with Gasteiger partial charge in [0.2, 0.25) is 0 Å². The first-order valence-electron chi connectivity index (χ1n) is 6.74. The number of aliphatic hydroxyl groups excluding tert-OH is 1. The molecule has 0 spiro atoms. The molecule has 1 rings (SSSR count). The molecule has 3 nitrogen and oxygen atoms in total. The van der Waals surface area contributed by atoms with E-state index in [2.05, 4.69) is 18.7 Å². The monoisotopic (exact) mass is 229 g/mol. The molecule has 0 unspecified atom stereocenters. The van der Waals surface area contributed by atoms with Gasteiger partial charge < -0.3 is 14.7 Å². The van der Waals surface area contributed by atoms with E-state index in [1.807, 2.05) is 0 Å². The topological polar surface area (TPSA) is 32.7 Å². The van der Waals surface area contributed by atoms with Crippen LogP contribution in [-0.2, 0) is 4.74 Å². The Balaban J connectivity index is 2.16. The fourth-order valence-electron chi connectivity index (χ4n) is 2.39. The number of aliphatic hydroxyl groups is 1. The summed E-state index contributed by atoms with van der Waals surface area (Å²) in [4.78, 5) is 2.57. The van der Waals surface area contributed by atoms with E-state index in [0.717, 1.165) is 31.8 Å². The molecular weight excluding hydrogens is 202 g/mol. The van der Waals surface area contributed by atoms with Crippen LogP contribution in [0.3, 0.4) is 0 Å². The van der Waals surface area contributed by atoms with E-state index in [9.17, 15) is 0 Å². The van der Waals surface area contributed by atoms with Crippen LogP contribution < -0.4 is 0 Å². The largest absolute Gasteiger partial charge is 0.394 e. The summed E-state index contributed by atoms with van der Waals surface area (Å²) in [6.45, 7) is 8.78. The van der Waals surface area contributed by atoms with Crippen molar-refractivity contribution in [1.29, 1.82) is 0 Å². The van der Waals surface area contributed by atoms with Crippen LogP contribution in [0, 0.1) is 5.92 Å². The quantitative estimate of drug-likeness (QED) is 0.723. The van der Waals surface area contributed by atoms with Gasteiger partial charge in [0.15, 0.2) is 0 Å². The van der Waals surface area contributed by atoms with Crippen molar-refractivity contribution in [2.45, 2.75) is 45.6 Å². The minimum absolute atomic E-state index is 0.147. The lowest BCUT2D eigenvalue weighted by molar-refractivity contribution is -0.0101. The molecule has 1 saturated heterocycles. The van der Waals surface area contributed by atoms with Gasteiger partial charge in [-0.3, -0.25) is 0 Å². The van der Waals surface area contributed by atoms with E-state index in [4.69, 9.17) is 9.84 Å². The molecular formula is C13H27NO2. The zero-order chi connectivity index (χ0) is 11.8. The van der Waals surface area contributed by atoms with E-state index in [1.165, 1.54) is 19.4 Å². The molecule has 1 aliphatic heterocycles. The summed E-state index contributed by atoms with van der Waals surface area (Å²) in [7, 11) is 0. The van der Waals surface area contributed by atoms with Crippen molar-refractivity contribution in [3.63, 3.8) is 0 Å². The van der Waals surface area contributed by atoms with Gasteiger partial charge in [-0.25, -0.2) is 0 Å². The average molecular weight is 229 g/mol. The predicted octanol–water partition coefficient (Wildman–Crippen LogP) is 1.90. The number of hydrogen-bond donors (Lipinski definition) is 1. The van der Waals surface area contributed by atoms with Crippen LogP contribution in [0.1, 0.15) is 39.5 Å². The molecule has 0 amide bonds. The smallest absolute Gasteiger partial charge is 0.0701 e. The highest BCUT2D eigenvalue weighted by atomic mass is 16.5. The number of ether oxygens (including phenoxy) is 1. The Morgan fingerprint density at radius 2 is 1.88 bits per heavy atom. The average Bonchev–Trinajstić information content (AvgIpc) is 2.35. The highest BCUT2D eigenvalue weighted by Gasteiger charge is 2.20. The molecule has 0 aliphatic carbocycles. The number of piperidine rings is 1. The minimum atomic E-state index is 0.147. The van der Waals surface area contributed by atoms with E-state index in [-0.39, 0.29) is 6.61 Å². The molecule has 0 radical (unpaired) electrons. The van der Waals surface area contributed by atoms with Crippen LogP contribution in [0.25, 0.3) is 0 Å². The van der Waals surface area contributed by atoms with Gasteiger partial charge in [0, 0.05) is 19.6 Å². The van der Waals surface area contributed by atoms with Gasteiger partial charge >= 0.3 is 0 Å². The van der Waals surface area contributed by atoms with E-state index in [1.54, 1.807) is 0 Å². The molecule has 0 bridgehead atoms. The van der Waals surface area contributed by atoms with Gasteiger partial charge in [0.1, 0.15) is 0 Å². The maximum Gasteiger partial charge on any atom is 0.0701 e. The maximum atomic E-state index is 8.70. The van der Waals surface area contributed by atoms with Crippen molar-refractivity contribution >= 4 is 0 Å². The zero-order valence-corrected chi connectivity index (χ0v) is 10.8.